The monoisotopic (exact) mass is 312 g/mol. The standard InChI is InChI=1S/C17H28N2O.ClH/c1-14(2)15-9-11-16(12-10-15)19(3)17(20)8-6-4-5-7-13-18;/h9-12,14H,4-8,13,18H2,1-3H3;1H. The molecular weight excluding hydrogens is 284 g/mol. The van der Waals surface area contributed by atoms with Crippen molar-refractivity contribution < 1.29 is 4.79 Å². The van der Waals surface area contributed by atoms with Crippen LogP contribution in [0.15, 0.2) is 24.3 Å². The minimum Gasteiger partial charge on any atom is -0.330 e. The minimum atomic E-state index is 0. The van der Waals surface area contributed by atoms with Crippen molar-refractivity contribution in [3.8, 4) is 0 Å². The van der Waals surface area contributed by atoms with Gasteiger partial charge in [0.2, 0.25) is 5.91 Å². The smallest absolute Gasteiger partial charge is 0.226 e. The van der Waals surface area contributed by atoms with Crippen molar-refractivity contribution in [2.45, 2.75) is 51.9 Å². The molecule has 0 aromatic heterocycles. The Kier molecular flexibility index (Phi) is 10.1. The summed E-state index contributed by atoms with van der Waals surface area (Å²) in [6.07, 6.45) is 4.83. The van der Waals surface area contributed by atoms with Crippen LogP contribution in [0.1, 0.15) is 57.4 Å². The van der Waals surface area contributed by atoms with Crippen LogP contribution >= 0.6 is 12.4 Å². The maximum atomic E-state index is 12.1. The van der Waals surface area contributed by atoms with Crippen LogP contribution in [0.4, 0.5) is 5.69 Å². The number of rotatable bonds is 8. The first-order valence-electron chi connectivity index (χ1n) is 7.63. The molecule has 0 radical (unpaired) electrons. The van der Waals surface area contributed by atoms with Crippen molar-refractivity contribution >= 4 is 24.0 Å². The van der Waals surface area contributed by atoms with E-state index < -0.39 is 0 Å². The van der Waals surface area contributed by atoms with Crippen LogP contribution in [0.5, 0.6) is 0 Å². The number of unbranched alkanes of at least 4 members (excludes halogenated alkanes) is 3. The number of nitrogens with two attached hydrogens (primary N) is 1. The van der Waals surface area contributed by atoms with Gasteiger partial charge in [-0.3, -0.25) is 4.79 Å². The lowest BCUT2D eigenvalue weighted by Crippen LogP contribution is -2.25. The van der Waals surface area contributed by atoms with E-state index in [0.29, 0.717) is 12.3 Å². The summed E-state index contributed by atoms with van der Waals surface area (Å²) in [5.41, 5.74) is 7.73. The number of benzene rings is 1. The van der Waals surface area contributed by atoms with E-state index in [1.54, 1.807) is 4.90 Å². The summed E-state index contributed by atoms with van der Waals surface area (Å²) < 4.78 is 0. The van der Waals surface area contributed by atoms with Gasteiger partial charge >= 0.3 is 0 Å². The second kappa shape index (κ2) is 10.6. The number of carbonyl (C=O) groups is 1. The Hall–Kier alpha value is -1.06. The maximum absolute atomic E-state index is 12.1. The lowest BCUT2D eigenvalue weighted by molar-refractivity contribution is -0.118. The fourth-order valence-electron chi connectivity index (χ4n) is 2.17. The molecule has 3 nitrogen and oxygen atoms in total. The fourth-order valence-corrected chi connectivity index (χ4v) is 2.17. The lowest BCUT2D eigenvalue weighted by atomic mass is 10.0. The maximum Gasteiger partial charge on any atom is 0.226 e. The third-order valence-corrected chi connectivity index (χ3v) is 3.67. The molecule has 0 bridgehead atoms. The molecule has 120 valence electrons. The first-order chi connectivity index (χ1) is 9.56. The summed E-state index contributed by atoms with van der Waals surface area (Å²) in [7, 11) is 1.85. The molecule has 0 fully saturated rings. The third kappa shape index (κ3) is 6.96. The average Bonchev–Trinajstić information content (AvgIpc) is 2.46. The van der Waals surface area contributed by atoms with Gasteiger partial charge in [0.1, 0.15) is 0 Å². The topological polar surface area (TPSA) is 46.3 Å². The van der Waals surface area contributed by atoms with E-state index in [4.69, 9.17) is 5.73 Å². The largest absolute Gasteiger partial charge is 0.330 e. The highest BCUT2D eigenvalue weighted by Crippen LogP contribution is 2.20. The van der Waals surface area contributed by atoms with Crippen LogP contribution < -0.4 is 10.6 Å². The third-order valence-electron chi connectivity index (χ3n) is 3.67. The molecule has 0 spiro atoms. The van der Waals surface area contributed by atoms with E-state index in [9.17, 15) is 4.79 Å². The Labute approximate surface area is 135 Å². The molecule has 0 aliphatic heterocycles. The van der Waals surface area contributed by atoms with Crippen molar-refractivity contribution in [1.29, 1.82) is 0 Å². The highest BCUT2D eigenvalue weighted by molar-refractivity contribution is 5.92. The Morgan fingerprint density at radius 2 is 1.67 bits per heavy atom. The predicted octanol–water partition coefficient (Wildman–Crippen LogP) is 4.10. The number of hydrogen-bond acceptors (Lipinski definition) is 2. The van der Waals surface area contributed by atoms with Gasteiger partial charge in [-0.05, 0) is 43.0 Å². The first kappa shape index (κ1) is 19.9. The normalized spacial score (nSPS) is 10.3. The number of carbonyl (C=O) groups excluding carboxylic acids is 1. The molecular formula is C17H29ClN2O. The van der Waals surface area contributed by atoms with Crippen LogP contribution in [-0.2, 0) is 4.79 Å². The van der Waals surface area contributed by atoms with Crippen LogP contribution in [0.25, 0.3) is 0 Å². The van der Waals surface area contributed by atoms with Gasteiger partial charge in [0, 0.05) is 19.2 Å². The predicted molar refractivity (Wildman–Crippen MR) is 93.3 cm³/mol. The van der Waals surface area contributed by atoms with Crippen molar-refractivity contribution in [2.75, 3.05) is 18.5 Å². The SMILES string of the molecule is CC(C)c1ccc(N(C)C(=O)CCCCCCN)cc1.Cl. The van der Waals surface area contributed by atoms with Crippen molar-refractivity contribution in [3.63, 3.8) is 0 Å². The van der Waals surface area contributed by atoms with Gasteiger partial charge in [0.15, 0.2) is 0 Å². The summed E-state index contributed by atoms with van der Waals surface area (Å²) in [4.78, 5) is 13.9. The van der Waals surface area contributed by atoms with E-state index in [1.807, 2.05) is 19.2 Å². The molecule has 1 aromatic carbocycles. The number of nitrogens with zero attached hydrogens (tertiary/aromatic N) is 1. The van der Waals surface area contributed by atoms with Crippen LogP contribution in [0.2, 0.25) is 0 Å². The Balaban J connectivity index is 0.00000400. The van der Waals surface area contributed by atoms with Crippen LogP contribution in [-0.4, -0.2) is 19.5 Å². The van der Waals surface area contributed by atoms with E-state index in [-0.39, 0.29) is 18.3 Å². The number of anilines is 1. The molecule has 0 aliphatic carbocycles. The Morgan fingerprint density at radius 1 is 1.10 bits per heavy atom. The second-order valence-corrected chi connectivity index (χ2v) is 5.65. The molecule has 0 unspecified atom stereocenters. The van der Waals surface area contributed by atoms with E-state index >= 15 is 0 Å². The Morgan fingerprint density at radius 3 is 2.19 bits per heavy atom. The van der Waals surface area contributed by atoms with E-state index in [1.165, 1.54) is 5.56 Å². The molecule has 0 heterocycles. The number of hydrogen-bond donors (Lipinski definition) is 1. The van der Waals surface area contributed by atoms with Crippen molar-refractivity contribution in [1.82, 2.24) is 0 Å². The highest BCUT2D eigenvalue weighted by atomic mass is 35.5. The van der Waals surface area contributed by atoms with Gasteiger partial charge in [-0.1, -0.05) is 38.8 Å². The highest BCUT2D eigenvalue weighted by Gasteiger charge is 2.10. The molecule has 4 heteroatoms. The van der Waals surface area contributed by atoms with E-state index in [2.05, 4.69) is 26.0 Å². The van der Waals surface area contributed by atoms with Crippen LogP contribution in [0.3, 0.4) is 0 Å². The van der Waals surface area contributed by atoms with Gasteiger partial charge in [-0.15, -0.1) is 12.4 Å². The quantitative estimate of drug-likeness (QED) is 0.734. The summed E-state index contributed by atoms with van der Waals surface area (Å²) in [6, 6.07) is 8.26. The van der Waals surface area contributed by atoms with Gasteiger partial charge in [0.25, 0.3) is 0 Å². The molecule has 1 rings (SSSR count). The summed E-state index contributed by atoms with van der Waals surface area (Å²) in [5, 5.41) is 0. The summed E-state index contributed by atoms with van der Waals surface area (Å²) in [5.74, 6) is 0.711. The Bertz CT molecular complexity index is 404. The number of halogens is 1. The van der Waals surface area contributed by atoms with Gasteiger partial charge in [0.05, 0.1) is 0 Å². The fraction of sp³-hybridized carbons (Fsp3) is 0.588. The lowest BCUT2D eigenvalue weighted by Gasteiger charge is -2.18. The molecule has 21 heavy (non-hydrogen) atoms. The van der Waals surface area contributed by atoms with Gasteiger partial charge in [-0.25, -0.2) is 0 Å². The van der Waals surface area contributed by atoms with Crippen LogP contribution in [0, 0.1) is 0 Å². The average molecular weight is 313 g/mol. The first-order valence-corrected chi connectivity index (χ1v) is 7.63. The zero-order valence-electron chi connectivity index (χ0n) is 13.5. The van der Waals surface area contributed by atoms with E-state index in [0.717, 1.165) is 37.9 Å². The number of amides is 1. The molecule has 0 saturated heterocycles. The van der Waals surface area contributed by atoms with Crippen molar-refractivity contribution in [3.05, 3.63) is 29.8 Å². The summed E-state index contributed by atoms with van der Waals surface area (Å²) >= 11 is 0. The molecule has 1 aromatic rings. The molecule has 2 N–H and O–H groups in total. The molecule has 0 aliphatic rings. The van der Waals surface area contributed by atoms with Gasteiger partial charge < -0.3 is 10.6 Å². The second-order valence-electron chi connectivity index (χ2n) is 5.65. The minimum absolute atomic E-state index is 0. The molecule has 0 saturated carbocycles. The molecule has 0 atom stereocenters. The molecule has 1 amide bonds. The van der Waals surface area contributed by atoms with Crippen molar-refractivity contribution in [2.24, 2.45) is 5.73 Å². The zero-order valence-corrected chi connectivity index (χ0v) is 14.3. The summed E-state index contributed by atoms with van der Waals surface area (Å²) in [6.45, 7) is 5.09. The van der Waals surface area contributed by atoms with Gasteiger partial charge in [-0.2, -0.15) is 0 Å². The zero-order chi connectivity index (χ0) is 15.0.